The second-order valence-corrected chi connectivity index (χ2v) is 5.59. The van der Waals surface area contributed by atoms with Crippen LogP contribution in [0.2, 0.25) is 0 Å². The Bertz CT molecular complexity index is 535. The number of nitrogens with one attached hydrogen (secondary N) is 1. The molecule has 0 saturated heterocycles. The van der Waals surface area contributed by atoms with Gasteiger partial charge in [0.2, 0.25) is 0 Å². The molecule has 0 aromatic heterocycles. The van der Waals surface area contributed by atoms with E-state index in [1.165, 1.54) is 0 Å². The molecule has 5 nitrogen and oxygen atoms in total. The summed E-state index contributed by atoms with van der Waals surface area (Å²) in [4.78, 5) is 6.46. The fourth-order valence-corrected chi connectivity index (χ4v) is 2.30. The van der Waals surface area contributed by atoms with Crippen LogP contribution >= 0.6 is 24.0 Å². The topological polar surface area (TPSA) is 46.1 Å². The largest absolute Gasteiger partial charge is 0.493 e. The highest BCUT2D eigenvalue weighted by Gasteiger charge is 2.08. The molecule has 142 valence electrons. The van der Waals surface area contributed by atoms with E-state index < -0.39 is 0 Å². The molecular formula is C19H32IN3O2. The zero-order valence-electron chi connectivity index (χ0n) is 15.9. The van der Waals surface area contributed by atoms with E-state index >= 15 is 0 Å². The molecule has 0 fully saturated rings. The van der Waals surface area contributed by atoms with E-state index in [1.807, 2.05) is 31.3 Å². The molecule has 0 atom stereocenters. The Balaban J connectivity index is 0.00000576. The molecule has 25 heavy (non-hydrogen) atoms. The Morgan fingerprint density at radius 3 is 2.72 bits per heavy atom. The molecule has 0 saturated carbocycles. The van der Waals surface area contributed by atoms with Crippen molar-refractivity contribution in [1.29, 1.82) is 0 Å². The number of unbranched alkanes of at least 4 members (excludes halogenated alkanes) is 1. The highest BCUT2D eigenvalue weighted by atomic mass is 127. The Labute approximate surface area is 169 Å². The summed E-state index contributed by atoms with van der Waals surface area (Å²) in [7, 11) is 5.51. The molecule has 0 aliphatic carbocycles. The van der Waals surface area contributed by atoms with Gasteiger partial charge in [-0.15, -0.1) is 30.6 Å². The zero-order chi connectivity index (χ0) is 17.8. The van der Waals surface area contributed by atoms with Gasteiger partial charge in [0.15, 0.2) is 17.5 Å². The lowest BCUT2D eigenvalue weighted by molar-refractivity contribution is 0.294. The van der Waals surface area contributed by atoms with Crippen molar-refractivity contribution in [2.75, 3.05) is 34.4 Å². The molecule has 0 heterocycles. The number of allylic oxidation sites excluding steroid dienone is 1. The minimum absolute atomic E-state index is 0. The molecule has 0 aliphatic heterocycles. The fraction of sp³-hybridized carbons (Fsp3) is 0.526. The van der Waals surface area contributed by atoms with Gasteiger partial charge in [-0.05, 0) is 37.0 Å². The van der Waals surface area contributed by atoms with Crippen LogP contribution in [-0.2, 0) is 6.54 Å². The van der Waals surface area contributed by atoms with Crippen molar-refractivity contribution in [1.82, 2.24) is 10.2 Å². The third-order valence-electron chi connectivity index (χ3n) is 3.62. The summed E-state index contributed by atoms with van der Waals surface area (Å²) in [6.07, 6.45) is 5.00. The lowest BCUT2D eigenvalue weighted by Crippen LogP contribution is -2.38. The predicted molar refractivity (Wildman–Crippen MR) is 116 cm³/mol. The third-order valence-corrected chi connectivity index (χ3v) is 3.62. The molecule has 1 N–H and O–H groups in total. The summed E-state index contributed by atoms with van der Waals surface area (Å²) in [5, 5.41) is 3.38. The quantitative estimate of drug-likeness (QED) is 0.188. The number of aliphatic imine (C=N–C) groups is 1. The first-order chi connectivity index (χ1) is 11.7. The van der Waals surface area contributed by atoms with Gasteiger partial charge in [-0.1, -0.05) is 19.1 Å². The molecule has 0 radical (unpaired) electrons. The van der Waals surface area contributed by atoms with E-state index in [9.17, 15) is 0 Å². The number of rotatable bonds is 10. The molecule has 0 bridgehead atoms. The van der Waals surface area contributed by atoms with Crippen molar-refractivity contribution >= 4 is 29.9 Å². The average molecular weight is 461 g/mol. The molecule has 0 unspecified atom stereocenters. The number of ether oxygens (including phenoxy) is 2. The van der Waals surface area contributed by atoms with Crippen molar-refractivity contribution in [2.24, 2.45) is 4.99 Å². The molecule has 1 aromatic carbocycles. The molecule has 6 heteroatoms. The Hall–Kier alpha value is -1.44. The van der Waals surface area contributed by atoms with Crippen LogP contribution in [0.1, 0.15) is 31.7 Å². The highest BCUT2D eigenvalue weighted by Crippen LogP contribution is 2.28. The van der Waals surface area contributed by atoms with Crippen molar-refractivity contribution < 1.29 is 9.47 Å². The minimum Gasteiger partial charge on any atom is -0.493 e. The van der Waals surface area contributed by atoms with E-state index in [4.69, 9.17) is 9.47 Å². The second kappa shape index (κ2) is 13.8. The molecule has 0 spiro atoms. The fourth-order valence-electron chi connectivity index (χ4n) is 2.30. The Morgan fingerprint density at radius 2 is 2.12 bits per heavy atom. The number of hydrogen-bond acceptors (Lipinski definition) is 3. The number of halogens is 1. The third kappa shape index (κ3) is 8.47. The first kappa shape index (κ1) is 23.6. The van der Waals surface area contributed by atoms with Gasteiger partial charge in [-0.3, -0.25) is 4.99 Å². The van der Waals surface area contributed by atoms with E-state index in [2.05, 4.69) is 28.7 Å². The second-order valence-electron chi connectivity index (χ2n) is 5.59. The van der Waals surface area contributed by atoms with Gasteiger partial charge in [0.25, 0.3) is 0 Å². The molecule has 0 aliphatic rings. The first-order valence-electron chi connectivity index (χ1n) is 8.48. The van der Waals surface area contributed by atoms with Crippen LogP contribution in [0.15, 0.2) is 35.8 Å². The first-order valence-corrected chi connectivity index (χ1v) is 8.48. The minimum atomic E-state index is 0. The van der Waals surface area contributed by atoms with Crippen molar-refractivity contribution in [3.05, 3.63) is 36.4 Å². The summed E-state index contributed by atoms with van der Waals surface area (Å²) in [6.45, 7) is 8.16. The Kier molecular flexibility index (Phi) is 13.0. The summed E-state index contributed by atoms with van der Waals surface area (Å²) in [5.41, 5.74) is 1.12. The number of nitrogens with zero attached hydrogens (tertiary/aromatic N) is 2. The lowest BCUT2D eigenvalue weighted by Gasteiger charge is -2.22. The lowest BCUT2D eigenvalue weighted by atomic mass is 10.2. The van der Waals surface area contributed by atoms with Crippen LogP contribution < -0.4 is 14.8 Å². The maximum Gasteiger partial charge on any atom is 0.193 e. The van der Waals surface area contributed by atoms with Crippen molar-refractivity contribution in [3.8, 4) is 11.5 Å². The number of hydrogen-bond donors (Lipinski definition) is 1. The van der Waals surface area contributed by atoms with Gasteiger partial charge in [-0.25, -0.2) is 0 Å². The van der Waals surface area contributed by atoms with Crippen LogP contribution in [0, 0.1) is 0 Å². The Morgan fingerprint density at radius 1 is 1.36 bits per heavy atom. The van der Waals surface area contributed by atoms with Gasteiger partial charge < -0.3 is 19.7 Å². The van der Waals surface area contributed by atoms with E-state index in [0.29, 0.717) is 13.2 Å². The summed E-state index contributed by atoms with van der Waals surface area (Å²) >= 11 is 0. The highest BCUT2D eigenvalue weighted by molar-refractivity contribution is 14.0. The van der Waals surface area contributed by atoms with Crippen LogP contribution in [0.5, 0.6) is 11.5 Å². The normalized spacial score (nSPS) is 10.6. The monoisotopic (exact) mass is 461 g/mol. The van der Waals surface area contributed by atoms with Crippen molar-refractivity contribution in [3.63, 3.8) is 0 Å². The van der Waals surface area contributed by atoms with Gasteiger partial charge in [0.1, 0.15) is 0 Å². The number of methoxy groups -OCH3 is 1. The summed E-state index contributed by atoms with van der Waals surface area (Å²) < 4.78 is 11.1. The smallest absolute Gasteiger partial charge is 0.193 e. The van der Waals surface area contributed by atoms with Crippen LogP contribution in [0.25, 0.3) is 0 Å². The van der Waals surface area contributed by atoms with Crippen LogP contribution in [-0.4, -0.2) is 45.2 Å². The van der Waals surface area contributed by atoms with E-state index in [1.54, 1.807) is 14.2 Å². The standard InChI is InChI=1S/C19H31N3O2.HI/c1-6-8-9-12-22(4)19(20-3)21-15-16-10-11-17(24-13-7-2)18(14-16)23-5;/h6,10-11,14H,1,7-9,12-13,15H2,2-5H3,(H,20,21);1H. The van der Waals surface area contributed by atoms with Crippen molar-refractivity contribution in [2.45, 2.75) is 32.7 Å². The maximum atomic E-state index is 5.69. The molecule has 0 amide bonds. The molecule has 1 aromatic rings. The molecule has 1 rings (SSSR count). The van der Waals surface area contributed by atoms with E-state index in [0.717, 1.165) is 48.8 Å². The SMILES string of the molecule is C=CCCCN(C)C(=NC)NCc1ccc(OCCC)c(OC)c1.I. The van der Waals surface area contributed by atoms with Gasteiger partial charge >= 0.3 is 0 Å². The van der Waals surface area contributed by atoms with Gasteiger partial charge in [0, 0.05) is 27.2 Å². The molecular weight excluding hydrogens is 429 g/mol. The van der Waals surface area contributed by atoms with Crippen LogP contribution in [0.4, 0.5) is 0 Å². The number of guanidine groups is 1. The zero-order valence-corrected chi connectivity index (χ0v) is 18.2. The predicted octanol–water partition coefficient (Wildman–Crippen LogP) is 4.08. The number of benzene rings is 1. The van der Waals surface area contributed by atoms with Gasteiger partial charge in [0.05, 0.1) is 13.7 Å². The average Bonchev–Trinajstić information content (AvgIpc) is 2.61. The van der Waals surface area contributed by atoms with E-state index in [-0.39, 0.29) is 24.0 Å². The van der Waals surface area contributed by atoms with Gasteiger partial charge in [-0.2, -0.15) is 0 Å². The maximum absolute atomic E-state index is 5.69. The summed E-state index contributed by atoms with van der Waals surface area (Å²) in [5.74, 6) is 2.43. The summed E-state index contributed by atoms with van der Waals surface area (Å²) in [6, 6.07) is 6.01. The van der Waals surface area contributed by atoms with Crippen LogP contribution in [0.3, 0.4) is 0 Å².